The summed E-state index contributed by atoms with van der Waals surface area (Å²) in [5.41, 5.74) is 1.64. The molecular formula is C13H13BrN2OS. The minimum absolute atomic E-state index is 0.0239. The molecule has 0 aliphatic heterocycles. The van der Waals surface area contributed by atoms with Crippen molar-refractivity contribution in [3.05, 3.63) is 44.8 Å². The maximum atomic E-state index is 11.9. The fourth-order valence-electron chi connectivity index (χ4n) is 1.43. The van der Waals surface area contributed by atoms with Gasteiger partial charge in [-0.25, -0.2) is 0 Å². The van der Waals surface area contributed by atoms with Crippen molar-refractivity contribution >= 4 is 39.1 Å². The van der Waals surface area contributed by atoms with Gasteiger partial charge in [0.2, 0.25) is 0 Å². The molecule has 18 heavy (non-hydrogen) atoms. The number of ketones is 1. The lowest BCUT2D eigenvalue weighted by molar-refractivity contribution is 0.104. The molecule has 0 spiro atoms. The molecule has 0 saturated heterocycles. The number of carbonyl (C=O) groups excluding carboxylic acids is 1. The Bertz CT molecular complexity index is 583. The summed E-state index contributed by atoms with van der Waals surface area (Å²) in [6, 6.07) is 2.25. The second kappa shape index (κ2) is 5.63. The van der Waals surface area contributed by atoms with Crippen LogP contribution in [0.2, 0.25) is 0 Å². The van der Waals surface area contributed by atoms with E-state index in [2.05, 4.69) is 21.0 Å². The second-order valence-corrected chi connectivity index (χ2v) is 6.47. The highest BCUT2D eigenvalue weighted by atomic mass is 79.9. The van der Waals surface area contributed by atoms with Crippen LogP contribution in [-0.4, -0.2) is 15.6 Å². The molecule has 0 radical (unpaired) electrons. The van der Waals surface area contributed by atoms with E-state index in [1.54, 1.807) is 34.5 Å². The van der Waals surface area contributed by atoms with Crippen LogP contribution in [0.15, 0.2) is 33.7 Å². The maximum Gasteiger partial charge on any atom is 0.189 e. The van der Waals surface area contributed by atoms with E-state index in [9.17, 15) is 4.79 Å². The molecule has 0 saturated carbocycles. The molecule has 0 N–H and O–H groups in total. The highest BCUT2D eigenvalue weighted by molar-refractivity contribution is 9.11. The van der Waals surface area contributed by atoms with Crippen molar-refractivity contribution in [1.29, 1.82) is 0 Å². The third-order valence-corrected chi connectivity index (χ3v) is 3.95. The molecule has 2 aromatic rings. The molecule has 0 unspecified atom stereocenters. The van der Waals surface area contributed by atoms with E-state index < -0.39 is 0 Å². The number of aromatic nitrogens is 2. The van der Waals surface area contributed by atoms with E-state index in [1.165, 1.54) is 0 Å². The lowest BCUT2D eigenvalue weighted by Gasteiger charge is -2.02. The summed E-state index contributed by atoms with van der Waals surface area (Å²) in [5, 5.41) is 6.14. The number of thiophene rings is 1. The van der Waals surface area contributed by atoms with Crippen LogP contribution >= 0.6 is 27.3 Å². The van der Waals surface area contributed by atoms with Gasteiger partial charge in [0.15, 0.2) is 5.78 Å². The van der Waals surface area contributed by atoms with Gasteiger partial charge >= 0.3 is 0 Å². The Hall–Kier alpha value is -1.20. The second-order valence-electron chi connectivity index (χ2n) is 4.18. The third-order valence-electron chi connectivity index (χ3n) is 2.43. The molecule has 0 aliphatic carbocycles. The van der Waals surface area contributed by atoms with Crippen LogP contribution in [-0.2, 0) is 0 Å². The van der Waals surface area contributed by atoms with Gasteiger partial charge in [-0.05, 0) is 52.9 Å². The first-order valence-corrected chi connectivity index (χ1v) is 7.24. The number of allylic oxidation sites excluding steroid dienone is 1. The van der Waals surface area contributed by atoms with Crippen LogP contribution in [0.3, 0.4) is 0 Å². The van der Waals surface area contributed by atoms with Crippen molar-refractivity contribution in [3.8, 4) is 0 Å². The van der Waals surface area contributed by atoms with Gasteiger partial charge in [-0.3, -0.25) is 9.48 Å². The van der Waals surface area contributed by atoms with Gasteiger partial charge in [-0.1, -0.05) is 6.08 Å². The maximum absolute atomic E-state index is 11.9. The van der Waals surface area contributed by atoms with Crippen LogP contribution in [0.25, 0.3) is 6.08 Å². The van der Waals surface area contributed by atoms with Crippen molar-refractivity contribution < 1.29 is 4.79 Å². The highest BCUT2D eigenvalue weighted by Gasteiger charge is 2.07. The van der Waals surface area contributed by atoms with E-state index >= 15 is 0 Å². The zero-order valence-corrected chi connectivity index (χ0v) is 12.5. The average Bonchev–Trinajstić information content (AvgIpc) is 2.94. The Labute approximate surface area is 118 Å². The fourth-order valence-corrected chi connectivity index (χ4v) is 2.57. The van der Waals surface area contributed by atoms with Crippen molar-refractivity contribution in [1.82, 2.24) is 9.78 Å². The molecule has 2 aromatic heterocycles. The number of hydrogen-bond acceptors (Lipinski definition) is 3. The van der Waals surface area contributed by atoms with Crippen molar-refractivity contribution in [3.63, 3.8) is 0 Å². The molecule has 2 rings (SSSR count). The normalized spacial score (nSPS) is 11.6. The summed E-state index contributed by atoms with van der Waals surface area (Å²) in [4.78, 5) is 11.9. The molecule has 2 heterocycles. The predicted molar refractivity (Wildman–Crippen MR) is 78.0 cm³/mol. The van der Waals surface area contributed by atoms with Crippen molar-refractivity contribution in [2.45, 2.75) is 19.9 Å². The molecule has 5 heteroatoms. The third kappa shape index (κ3) is 3.17. The van der Waals surface area contributed by atoms with Gasteiger partial charge in [0.25, 0.3) is 0 Å². The van der Waals surface area contributed by atoms with Crippen LogP contribution < -0.4 is 0 Å². The molecule has 0 atom stereocenters. The van der Waals surface area contributed by atoms with Crippen LogP contribution in [0.5, 0.6) is 0 Å². The minimum Gasteiger partial charge on any atom is -0.289 e. The highest BCUT2D eigenvalue weighted by Crippen LogP contribution is 2.21. The Kier molecular flexibility index (Phi) is 4.14. The van der Waals surface area contributed by atoms with Gasteiger partial charge < -0.3 is 0 Å². The van der Waals surface area contributed by atoms with E-state index in [1.807, 2.05) is 31.4 Å². The molecule has 3 nitrogen and oxygen atoms in total. The average molecular weight is 325 g/mol. The molecular weight excluding hydrogens is 312 g/mol. The predicted octanol–water partition coefficient (Wildman–Crippen LogP) is 4.18. The minimum atomic E-state index is -0.0239. The molecule has 0 aliphatic rings. The molecule has 0 amide bonds. The molecule has 0 bridgehead atoms. The Morgan fingerprint density at radius 2 is 2.33 bits per heavy atom. The monoisotopic (exact) mass is 324 g/mol. The lowest BCUT2D eigenvalue weighted by atomic mass is 10.2. The van der Waals surface area contributed by atoms with Crippen LogP contribution in [0.1, 0.15) is 35.8 Å². The lowest BCUT2D eigenvalue weighted by Crippen LogP contribution is -2.00. The quantitative estimate of drug-likeness (QED) is 0.624. The first-order chi connectivity index (χ1) is 8.56. The van der Waals surface area contributed by atoms with Crippen molar-refractivity contribution in [2.75, 3.05) is 0 Å². The van der Waals surface area contributed by atoms with E-state index in [0.29, 0.717) is 5.56 Å². The zero-order chi connectivity index (χ0) is 13.1. The summed E-state index contributed by atoms with van der Waals surface area (Å²) in [6.45, 7) is 4.06. The SMILES string of the molecule is CC(C)n1cc(C(=O)/C=C/c2csc(Br)c2)cn1. The first-order valence-electron chi connectivity index (χ1n) is 5.57. The number of carbonyl (C=O) groups is 1. The van der Waals surface area contributed by atoms with Gasteiger partial charge in [0.1, 0.15) is 0 Å². The van der Waals surface area contributed by atoms with Crippen LogP contribution in [0.4, 0.5) is 0 Å². The van der Waals surface area contributed by atoms with Crippen molar-refractivity contribution in [2.24, 2.45) is 0 Å². The van der Waals surface area contributed by atoms with E-state index in [4.69, 9.17) is 0 Å². The molecule has 0 fully saturated rings. The number of rotatable bonds is 4. The number of halogens is 1. The van der Waals surface area contributed by atoms with Gasteiger partial charge in [0.05, 0.1) is 15.5 Å². The topological polar surface area (TPSA) is 34.9 Å². The smallest absolute Gasteiger partial charge is 0.189 e. The Morgan fingerprint density at radius 1 is 1.56 bits per heavy atom. The summed E-state index contributed by atoms with van der Waals surface area (Å²) in [5.74, 6) is -0.0239. The Morgan fingerprint density at radius 3 is 2.89 bits per heavy atom. The Balaban J connectivity index is 2.09. The summed E-state index contributed by atoms with van der Waals surface area (Å²) in [6.07, 6.45) is 6.78. The summed E-state index contributed by atoms with van der Waals surface area (Å²) < 4.78 is 2.84. The molecule has 0 aromatic carbocycles. The van der Waals surface area contributed by atoms with E-state index in [-0.39, 0.29) is 11.8 Å². The number of nitrogens with zero attached hydrogens (tertiary/aromatic N) is 2. The number of hydrogen-bond donors (Lipinski definition) is 0. The van der Waals surface area contributed by atoms with Crippen LogP contribution in [0, 0.1) is 0 Å². The fraction of sp³-hybridized carbons (Fsp3) is 0.231. The van der Waals surface area contributed by atoms with Gasteiger partial charge in [-0.2, -0.15) is 5.10 Å². The zero-order valence-electron chi connectivity index (χ0n) is 10.1. The molecule has 94 valence electrons. The largest absolute Gasteiger partial charge is 0.289 e. The summed E-state index contributed by atoms with van der Waals surface area (Å²) in [7, 11) is 0. The summed E-state index contributed by atoms with van der Waals surface area (Å²) >= 11 is 4.99. The van der Waals surface area contributed by atoms with Gasteiger partial charge in [-0.15, -0.1) is 11.3 Å². The first kappa shape index (κ1) is 13.2. The van der Waals surface area contributed by atoms with E-state index in [0.717, 1.165) is 9.35 Å². The van der Waals surface area contributed by atoms with Gasteiger partial charge in [0, 0.05) is 12.2 Å². The standard InChI is InChI=1S/C13H13BrN2OS/c1-9(2)16-7-11(6-15-16)12(17)4-3-10-5-13(14)18-8-10/h3-9H,1-2H3/b4-3+.